The number of carbonyl (C=O) groups excluding carboxylic acids is 3. The van der Waals surface area contributed by atoms with Gasteiger partial charge in [0.05, 0.1) is 24.1 Å². The predicted molar refractivity (Wildman–Crippen MR) is 123 cm³/mol. The van der Waals surface area contributed by atoms with Crippen molar-refractivity contribution in [3.8, 4) is 0 Å². The highest BCUT2D eigenvalue weighted by atomic mass is 16.6. The van der Waals surface area contributed by atoms with E-state index >= 15 is 0 Å². The number of esters is 1. The number of aliphatic hydroxyl groups is 1. The van der Waals surface area contributed by atoms with E-state index in [0.717, 1.165) is 0 Å². The lowest BCUT2D eigenvalue weighted by molar-refractivity contribution is -0.384. The molecule has 0 aliphatic carbocycles. The van der Waals surface area contributed by atoms with Crippen LogP contribution in [0.25, 0.3) is 0 Å². The lowest BCUT2D eigenvalue weighted by Gasteiger charge is -2.29. The molecule has 1 aromatic rings. The van der Waals surface area contributed by atoms with Crippen LogP contribution in [-0.2, 0) is 25.6 Å². The summed E-state index contributed by atoms with van der Waals surface area (Å²) in [5, 5.41) is 23.3. The second kappa shape index (κ2) is 12.3. The molecule has 0 radical (unpaired) electrons. The number of β-amino-alcohol motifs (C(OH)–C–C–N with tert-alkyl or cyclic N) is 1. The molecule has 1 saturated heterocycles. The van der Waals surface area contributed by atoms with Crippen molar-refractivity contribution < 1.29 is 38.6 Å². The lowest BCUT2D eigenvalue weighted by Crippen LogP contribution is -2.41. The van der Waals surface area contributed by atoms with Gasteiger partial charge >= 0.3 is 18.2 Å². The molecule has 35 heavy (non-hydrogen) atoms. The zero-order valence-corrected chi connectivity index (χ0v) is 20.4. The van der Waals surface area contributed by atoms with E-state index in [1.807, 2.05) is 0 Å². The molecule has 1 aliphatic rings. The maximum Gasteiger partial charge on any atom is 0.410 e. The Labute approximate surface area is 203 Å². The van der Waals surface area contributed by atoms with Crippen LogP contribution in [0.2, 0.25) is 0 Å². The second-order valence-corrected chi connectivity index (χ2v) is 9.37. The molecule has 0 aromatic heterocycles. The molecule has 2 amide bonds. The Bertz CT molecular complexity index is 898. The highest BCUT2D eigenvalue weighted by Gasteiger charge is 2.37. The van der Waals surface area contributed by atoms with E-state index < -0.39 is 40.9 Å². The minimum Gasteiger partial charge on any atom is -0.461 e. The molecule has 194 valence electrons. The molecule has 0 bridgehead atoms. The topological polar surface area (TPSA) is 158 Å². The average Bonchev–Trinajstić information content (AvgIpc) is 3.13. The van der Waals surface area contributed by atoms with Gasteiger partial charge in [0.15, 0.2) is 0 Å². The first-order chi connectivity index (χ1) is 16.3. The summed E-state index contributed by atoms with van der Waals surface area (Å²) in [4.78, 5) is 47.8. The first kappa shape index (κ1) is 27.8. The summed E-state index contributed by atoms with van der Waals surface area (Å²) in [6.45, 7) is 6.59. The van der Waals surface area contributed by atoms with E-state index in [0.29, 0.717) is 24.8 Å². The SMILES string of the molecule is CC(=O)OC(CC[C@@H]1C[C@@H](O)CN1C(=O)OC(C)(C)C)CNC(=O)OCc1ccc([N+](=O)[O-])cc1. The first-order valence-corrected chi connectivity index (χ1v) is 11.3. The molecule has 12 nitrogen and oxygen atoms in total. The normalized spacial score (nSPS) is 18.5. The number of carbonyl (C=O) groups is 3. The summed E-state index contributed by atoms with van der Waals surface area (Å²) in [7, 11) is 0. The Morgan fingerprint density at radius 3 is 2.49 bits per heavy atom. The Balaban J connectivity index is 1.86. The summed E-state index contributed by atoms with van der Waals surface area (Å²) in [5.74, 6) is -0.522. The molecule has 1 unspecified atom stereocenters. The van der Waals surface area contributed by atoms with Crippen LogP contribution in [0, 0.1) is 10.1 Å². The fraction of sp³-hybridized carbons (Fsp3) is 0.609. The molecule has 2 N–H and O–H groups in total. The van der Waals surface area contributed by atoms with E-state index in [-0.39, 0.29) is 31.4 Å². The van der Waals surface area contributed by atoms with Gasteiger partial charge in [-0.25, -0.2) is 9.59 Å². The zero-order chi connectivity index (χ0) is 26.2. The van der Waals surface area contributed by atoms with Crippen molar-refractivity contribution in [2.24, 2.45) is 0 Å². The van der Waals surface area contributed by atoms with Crippen molar-refractivity contribution in [2.75, 3.05) is 13.1 Å². The molecule has 12 heteroatoms. The van der Waals surface area contributed by atoms with Crippen LogP contribution < -0.4 is 5.32 Å². The Kier molecular flexibility index (Phi) is 9.81. The third-order valence-corrected chi connectivity index (χ3v) is 5.17. The van der Waals surface area contributed by atoms with Crippen LogP contribution in [0.1, 0.15) is 52.5 Å². The van der Waals surface area contributed by atoms with Gasteiger partial charge in [0.1, 0.15) is 18.3 Å². The number of non-ortho nitro benzene ring substituents is 1. The number of benzene rings is 1. The number of likely N-dealkylation sites (tertiary alicyclic amines) is 1. The number of aliphatic hydroxyl groups excluding tert-OH is 1. The van der Waals surface area contributed by atoms with Gasteiger partial charge in [-0.15, -0.1) is 0 Å². The number of rotatable bonds is 9. The fourth-order valence-corrected chi connectivity index (χ4v) is 3.64. The minimum absolute atomic E-state index is 0.0135. The van der Waals surface area contributed by atoms with Crippen LogP contribution in [0.5, 0.6) is 0 Å². The average molecular weight is 496 g/mol. The van der Waals surface area contributed by atoms with Gasteiger partial charge in [0, 0.05) is 25.1 Å². The van der Waals surface area contributed by atoms with Gasteiger partial charge in [-0.3, -0.25) is 14.9 Å². The highest BCUT2D eigenvalue weighted by molar-refractivity contribution is 5.69. The van der Waals surface area contributed by atoms with Crippen LogP contribution in [0.3, 0.4) is 0 Å². The van der Waals surface area contributed by atoms with Gasteiger partial charge in [-0.05, 0) is 57.7 Å². The molecule has 0 spiro atoms. The maximum atomic E-state index is 12.5. The summed E-state index contributed by atoms with van der Waals surface area (Å²) < 4.78 is 15.8. The first-order valence-electron chi connectivity index (χ1n) is 11.3. The fourth-order valence-electron chi connectivity index (χ4n) is 3.64. The number of nitrogens with zero attached hydrogens (tertiary/aromatic N) is 2. The zero-order valence-electron chi connectivity index (χ0n) is 20.4. The van der Waals surface area contributed by atoms with E-state index in [2.05, 4.69) is 5.32 Å². The number of nitro groups is 1. The smallest absolute Gasteiger partial charge is 0.410 e. The number of hydrogen-bond acceptors (Lipinski definition) is 9. The quantitative estimate of drug-likeness (QED) is 0.227. The summed E-state index contributed by atoms with van der Waals surface area (Å²) in [6.07, 6.45) is -1.48. The van der Waals surface area contributed by atoms with Crippen molar-refractivity contribution >= 4 is 23.8 Å². The number of nitrogens with one attached hydrogen (secondary N) is 1. The molecular weight excluding hydrogens is 462 g/mol. The third-order valence-electron chi connectivity index (χ3n) is 5.17. The number of amides is 2. The Morgan fingerprint density at radius 1 is 1.26 bits per heavy atom. The molecule has 2 rings (SSSR count). The number of nitro benzene ring substituents is 1. The molecule has 3 atom stereocenters. The van der Waals surface area contributed by atoms with Crippen LogP contribution in [0.4, 0.5) is 15.3 Å². The Hall–Kier alpha value is -3.41. The molecule has 1 fully saturated rings. The monoisotopic (exact) mass is 495 g/mol. The van der Waals surface area contributed by atoms with Gasteiger partial charge in [-0.1, -0.05) is 0 Å². The van der Waals surface area contributed by atoms with E-state index in [4.69, 9.17) is 14.2 Å². The summed E-state index contributed by atoms with van der Waals surface area (Å²) in [6, 6.07) is 5.30. The second-order valence-electron chi connectivity index (χ2n) is 9.37. The van der Waals surface area contributed by atoms with Gasteiger partial charge in [0.2, 0.25) is 0 Å². The van der Waals surface area contributed by atoms with Crippen molar-refractivity contribution in [2.45, 2.75) is 77.4 Å². The molecule has 1 aromatic carbocycles. The molecule has 0 saturated carbocycles. The van der Waals surface area contributed by atoms with Crippen molar-refractivity contribution in [3.05, 3.63) is 39.9 Å². The predicted octanol–water partition coefficient (Wildman–Crippen LogP) is 2.90. The van der Waals surface area contributed by atoms with E-state index in [1.54, 1.807) is 20.8 Å². The van der Waals surface area contributed by atoms with Crippen molar-refractivity contribution in [1.82, 2.24) is 10.2 Å². The highest BCUT2D eigenvalue weighted by Crippen LogP contribution is 2.25. The molecule has 1 aliphatic heterocycles. The van der Waals surface area contributed by atoms with Gasteiger partial charge in [0.25, 0.3) is 5.69 Å². The molecule has 1 heterocycles. The van der Waals surface area contributed by atoms with Crippen LogP contribution in [-0.4, -0.2) is 70.0 Å². The van der Waals surface area contributed by atoms with Gasteiger partial charge < -0.3 is 29.5 Å². The number of alkyl carbamates (subject to hydrolysis) is 1. The van der Waals surface area contributed by atoms with Crippen LogP contribution >= 0.6 is 0 Å². The molecular formula is C23H33N3O9. The summed E-state index contributed by atoms with van der Waals surface area (Å²) >= 11 is 0. The number of ether oxygens (including phenoxy) is 3. The lowest BCUT2D eigenvalue weighted by atomic mass is 10.0. The van der Waals surface area contributed by atoms with Crippen LogP contribution in [0.15, 0.2) is 24.3 Å². The number of hydrogen-bond donors (Lipinski definition) is 2. The van der Waals surface area contributed by atoms with Gasteiger partial charge in [-0.2, -0.15) is 0 Å². The Morgan fingerprint density at radius 2 is 1.91 bits per heavy atom. The van der Waals surface area contributed by atoms with E-state index in [9.17, 15) is 29.6 Å². The third kappa shape index (κ3) is 9.77. The van der Waals surface area contributed by atoms with Crippen molar-refractivity contribution in [3.63, 3.8) is 0 Å². The van der Waals surface area contributed by atoms with E-state index in [1.165, 1.54) is 36.1 Å². The maximum absolute atomic E-state index is 12.5. The minimum atomic E-state index is -0.743. The summed E-state index contributed by atoms with van der Waals surface area (Å²) in [5.41, 5.74) is -0.166. The van der Waals surface area contributed by atoms with Crippen molar-refractivity contribution in [1.29, 1.82) is 0 Å². The standard InChI is InChI=1S/C23H33N3O9/c1-15(27)34-20(10-9-18-11-19(28)13-25(18)22(30)35-23(2,3)4)12-24-21(29)33-14-16-5-7-17(8-6-16)26(31)32/h5-8,18-20,28H,9-14H2,1-4H3,(H,24,29)/t18-,19-,20?/m1/s1. The largest absolute Gasteiger partial charge is 0.461 e.